The quantitative estimate of drug-likeness (QED) is 0.358. The van der Waals surface area contributed by atoms with Gasteiger partial charge < -0.3 is 9.47 Å². The Kier molecular flexibility index (Phi) is 9.24. The van der Waals surface area contributed by atoms with Crippen LogP contribution >= 0.6 is 11.6 Å². The van der Waals surface area contributed by atoms with Crippen LogP contribution in [-0.2, 0) is 11.2 Å². The second-order valence-electron chi connectivity index (χ2n) is 7.82. The summed E-state index contributed by atoms with van der Waals surface area (Å²) in [4.78, 5) is 25.0. The van der Waals surface area contributed by atoms with E-state index in [1.54, 1.807) is 18.9 Å². The molecule has 0 saturated carbocycles. The van der Waals surface area contributed by atoms with Gasteiger partial charge in [0.05, 0.1) is 18.8 Å². The third-order valence-corrected chi connectivity index (χ3v) is 5.86. The minimum atomic E-state index is -0.266. The monoisotopic (exact) mass is 482 g/mol. The molecule has 0 unspecified atom stereocenters. The summed E-state index contributed by atoms with van der Waals surface area (Å²) in [6.07, 6.45) is 2.26. The standard InChI is InChI=1S/C26H31ClN4O3/c1-5-33-15-13-21-11-12-23(19(2)17-21)34-16-14-31(25-24(27)20(3)28-18-29-25)26(32)30(4)22-9-7-6-8-10-22/h6-12,17-18H,5,13-16H2,1-4H3. The molecule has 0 fully saturated rings. The molecule has 7 nitrogen and oxygen atoms in total. The van der Waals surface area contributed by atoms with Crippen molar-refractivity contribution in [2.24, 2.45) is 0 Å². The van der Waals surface area contributed by atoms with Crippen LogP contribution in [0.4, 0.5) is 16.3 Å². The van der Waals surface area contributed by atoms with E-state index >= 15 is 0 Å². The average molecular weight is 483 g/mol. The van der Waals surface area contributed by atoms with Crippen LogP contribution in [0.1, 0.15) is 23.7 Å². The fraction of sp³-hybridized carbons (Fsp3) is 0.346. The topological polar surface area (TPSA) is 67.8 Å². The van der Waals surface area contributed by atoms with E-state index in [1.807, 2.05) is 56.3 Å². The number of nitrogens with zero attached hydrogens (tertiary/aromatic N) is 4. The molecule has 0 radical (unpaired) electrons. The van der Waals surface area contributed by atoms with Gasteiger partial charge in [-0.3, -0.25) is 9.80 Å². The van der Waals surface area contributed by atoms with Crippen LogP contribution in [0, 0.1) is 13.8 Å². The third kappa shape index (κ3) is 6.46. The number of para-hydroxylation sites is 1. The minimum Gasteiger partial charge on any atom is -0.491 e. The number of aryl methyl sites for hydroxylation is 2. The first kappa shape index (κ1) is 25.5. The molecule has 2 aromatic carbocycles. The molecule has 34 heavy (non-hydrogen) atoms. The molecule has 180 valence electrons. The molecule has 2 amide bonds. The summed E-state index contributed by atoms with van der Waals surface area (Å²) < 4.78 is 11.5. The van der Waals surface area contributed by atoms with Crippen LogP contribution in [0.2, 0.25) is 5.02 Å². The van der Waals surface area contributed by atoms with Gasteiger partial charge in [-0.15, -0.1) is 0 Å². The van der Waals surface area contributed by atoms with E-state index < -0.39 is 0 Å². The molecule has 0 bridgehead atoms. The molecule has 0 saturated heterocycles. The van der Waals surface area contributed by atoms with Crippen molar-refractivity contribution in [2.45, 2.75) is 27.2 Å². The maximum Gasteiger partial charge on any atom is 0.330 e. The maximum atomic E-state index is 13.5. The van der Waals surface area contributed by atoms with E-state index in [1.165, 1.54) is 16.8 Å². The smallest absolute Gasteiger partial charge is 0.330 e. The van der Waals surface area contributed by atoms with Crippen molar-refractivity contribution in [1.82, 2.24) is 9.97 Å². The van der Waals surface area contributed by atoms with Gasteiger partial charge in [-0.25, -0.2) is 14.8 Å². The predicted octanol–water partition coefficient (Wildman–Crippen LogP) is 5.47. The molecule has 1 aromatic heterocycles. The molecular formula is C26H31ClN4O3. The number of aromatic nitrogens is 2. The summed E-state index contributed by atoms with van der Waals surface area (Å²) in [5, 5.41) is 0.340. The Labute approximate surface area is 206 Å². The number of benzene rings is 2. The summed E-state index contributed by atoms with van der Waals surface area (Å²) in [6, 6.07) is 15.3. The zero-order valence-electron chi connectivity index (χ0n) is 20.1. The van der Waals surface area contributed by atoms with Gasteiger partial charge in [0.15, 0.2) is 5.82 Å². The molecule has 8 heteroatoms. The van der Waals surface area contributed by atoms with Gasteiger partial charge in [-0.05, 0) is 56.5 Å². The number of halogens is 1. The summed E-state index contributed by atoms with van der Waals surface area (Å²) in [5.74, 6) is 1.13. The molecule has 0 aliphatic heterocycles. The first-order chi connectivity index (χ1) is 16.4. The van der Waals surface area contributed by atoms with Crippen molar-refractivity contribution in [2.75, 3.05) is 43.2 Å². The van der Waals surface area contributed by atoms with Gasteiger partial charge in [0.25, 0.3) is 0 Å². The van der Waals surface area contributed by atoms with Crippen LogP contribution in [0.25, 0.3) is 0 Å². The Balaban J connectivity index is 1.75. The Morgan fingerprint density at radius 2 is 1.82 bits per heavy atom. The Morgan fingerprint density at radius 1 is 1.06 bits per heavy atom. The maximum absolute atomic E-state index is 13.5. The number of rotatable bonds is 10. The van der Waals surface area contributed by atoms with Crippen molar-refractivity contribution in [1.29, 1.82) is 0 Å². The van der Waals surface area contributed by atoms with Gasteiger partial charge in [-0.2, -0.15) is 0 Å². The van der Waals surface area contributed by atoms with Gasteiger partial charge in [0.2, 0.25) is 0 Å². The van der Waals surface area contributed by atoms with Crippen molar-refractivity contribution < 1.29 is 14.3 Å². The molecule has 3 rings (SSSR count). The first-order valence-corrected chi connectivity index (χ1v) is 11.7. The average Bonchev–Trinajstić information content (AvgIpc) is 2.85. The predicted molar refractivity (Wildman–Crippen MR) is 136 cm³/mol. The fourth-order valence-corrected chi connectivity index (χ4v) is 3.68. The van der Waals surface area contributed by atoms with E-state index in [-0.39, 0.29) is 19.2 Å². The highest BCUT2D eigenvalue weighted by molar-refractivity contribution is 6.34. The molecule has 3 aromatic rings. The summed E-state index contributed by atoms with van der Waals surface area (Å²) in [7, 11) is 1.72. The second-order valence-corrected chi connectivity index (χ2v) is 8.20. The highest BCUT2D eigenvalue weighted by atomic mass is 35.5. The van der Waals surface area contributed by atoms with Gasteiger partial charge in [-0.1, -0.05) is 41.9 Å². The Hall–Kier alpha value is -3.16. The lowest BCUT2D eigenvalue weighted by molar-refractivity contribution is 0.151. The highest BCUT2D eigenvalue weighted by Gasteiger charge is 2.25. The number of hydrogen-bond donors (Lipinski definition) is 0. The van der Waals surface area contributed by atoms with Crippen molar-refractivity contribution in [3.8, 4) is 5.75 Å². The van der Waals surface area contributed by atoms with E-state index in [0.29, 0.717) is 29.7 Å². The number of carbonyl (C=O) groups excluding carboxylic acids is 1. The molecule has 0 aliphatic carbocycles. The van der Waals surface area contributed by atoms with Crippen LogP contribution in [0.5, 0.6) is 5.75 Å². The molecule has 0 N–H and O–H groups in total. The first-order valence-electron chi connectivity index (χ1n) is 11.3. The molecule has 0 spiro atoms. The molecule has 1 heterocycles. The van der Waals surface area contributed by atoms with Gasteiger partial charge in [0.1, 0.15) is 23.7 Å². The van der Waals surface area contributed by atoms with Crippen LogP contribution < -0.4 is 14.5 Å². The fourth-order valence-electron chi connectivity index (χ4n) is 3.48. The molecular weight excluding hydrogens is 452 g/mol. The van der Waals surface area contributed by atoms with Crippen LogP contribution in [0.3, 0.4) is 0 Å². The van der Waals surface area contributed by atoms with E-state index in [0.717, 1.165) is 23.4 Å². The number of ether oxygens (including phenoxy) is 2. The van der Waals surface area contributed by atoms with Crippen LogP contribution in [-0.4, -0.2) is 49.4 Å². The van der Waals surface area contributed by atoms with E-state index in [2.05, 4.69) is 16.0 Å². The van der Waals surface area contributed by atoms with Crippen LogP contribution in [0.15, 0.2) is 54.9 Å². The summed E-state index contributed by atoms with van der Waals surface area (Å²) in [6.45, 7) is 7.72. The molecule has 0 atom stereocenters. The summed E-state index contributed by atoms with van der Waals surface area (Å²) >= 11 is 6.48. The van der Waals surface area contributed by atoms with Gasteiger partial charge >= 0.3 is 6.03 Å². The molecule has 0 aliphatic rings. The zero-order chi connectivity index (χ0) is 24.5. The minimum absolute atomic E-state index is 0.262. The lowest BCUT2D eigenvalue weighted by atomic mass is 10.1. The van der Waals surface area contributed by atoms with Crippen molar-refractivity contribution >= 4 is 29.1 Å². The number of anilines is 2. The van der Waals surface area contributed by atoms with Crippen molar-refractivity contribution in [3.05, 3.63) is 76.7 Å². The number of carbonyl (C=O) groups is 1. The third-order valence-electron chi connectivity index (χ3n) is 5.41. The lowest BCUT2D eigenvalue weighted by Gasteiger charge is -2.28. The highest BCUT2D eigenvalue weighted by Crippen LogP contribution is 2.27. The zero-order valence-corrected chi connectivity index (χ0v) is 20.9. The Bertz CT molecular complexity index is 1090. The normalized spacial score (nSPS) is 10.7. The number of urea groups is 1. The van der Waals surface area contributed by atoms with Crippen molar-refractivity contribution in [3.63, 3.8) is 0 Å². The lowest BCUT2D eigenvalue weighted by Crippen LogP contribution is -2.44. The number of hydrogen-bond acceptors (Lipinski definition) is 5. The van der Waals surface area contributed by atoms with Gasteiger partial charge in [0, 0.05) is 19.3 Å². The second kappa shape index (κ2) is 12.3. The van der Waals surface area contributed by atoms with E-state index in [4.69, 9.17) is 21.1 Å². The largest absolute Gasteiger partial charge is 0.491 e. The van der Waals surface area contributed by atoms with E-state index in [9.17, 15) is 4.79 Å². The Morgan fingerprint density at radius 3 is 2.53 bits per heavy atom. The summed E-state index contributed by atoms with van der Waals surface area (Å²) in [5.41, 5.74) is 3.59. The number of amides is 2. The SMILES string of the molecule is CCOCCc1ccc(OCCN(C(=O)N(C)c2ccccc2)c2ncnc(C)c2Cl)c(C)c1.